The second-order valence-corrected chi connectivity index (χ2v) is 23.2. The number of aliphatic hydroxyl groups excluding tert-OH is 2. The number of carbonyl (C=O) groups is 2. The second-order valence-electron chi connectivity index (χ2n) is 23.2. The van der Waals surface area contributed by atoms with Crippen molar-refractivity contribution in [1.82, 2.24) is 14.4 Å². The number of rotatable bonds is 19. The Labute approximate surface area is 451 Å². The number of ether oxygens (including phenoxy) is 8. The third-order valence-electron chi connectivity index (χ3n) is 16.6. The van der Waals surface area contributed by atoms with E-state index in [0.717, 1.165) is 18.4 Å². The molecule has 5 N–H and O–H groups in total. The third kappa shape index (κ3) is 15.2. The maximum atomic E-state index is 14.6. The SMILES string of the molecule is CC[C@H]1OC(=O)[C@H](C)[C@@H](O[C@H]2C[C@@](C)(OC)[C@@H](OCCCCOCCCc3ccc4c(c3)c(=O)c(C(=O)O)cn4CC)[C@H](C)O2)[C@H](C)[C@@H](O[C@@H]2O[C@H](C)C[C@H](N(C)C)[C@H]2O)[C@](C)(O)C[C@@H](C)CN(C)[C@H](C)[C@@H](O)[C@]1(C)O. The topological polar surface area (TPSA) is 238 Å². The van der Waals surface area contributed by atoms with Crippen molar-refractivity contribution in [3.05, 3.63) is 45.7 Å². The molecular weight excluding hydrogens is 983 g/mol. The molecule has 0 radical (unpaired) electrons. The Kier molecular flexibility index (Phi) is 22.9. The molecule has 0 saturated carbocycles. The maximum Gasteiger partial charge on any atom is 0.341 e. The van der Waals surface area contributed by atoms with Crippen LogP contribution in [0.5, 0.6) is 0 Å². The molecule has 4 heterocycles. The predicted molar refractivity (Wildman–Crippen MR) is 287 cm³/mol. The number of hydrogen-bond acceptors (Lipinski definition) is 17. The zero-order chi connectivity index (χ0) is 56.6. The van der Waals surface area contributed by atoms with Gasteiger partial charge in [0.2, 0.25) is 5.43 Å². The van der Waals surface area contributed by atoms with Crippen LogP contribution in [-0.2, 0) is 55.7 Å². The smallest absolute Gasteiger partial charge is 0.341 e. The van der Waals surface area contributed by atoms with E-state index in [1.54, 1.807) is 45.4 Å². The van der Waals surface area contributed by atoms with Gasteiger partial charge in [0.1, 0.15) is 35.6 Å². The van der Waals surface area contributed by atoms with Crippen LogP contribution in [0.3, 0.4) is 0 Å². The van der Waals surface area contributed by atoms with Crippen LogP contribution in [0.15, 0.2) is 29.2 Å². The Balaban J connectivity index is 1.29. The number of cyclic esters (lactones) is 1. The molecule has 3 aliphatic heterocycles. The number of esters is 1. The number of carbonyl (C=O) groups excluding carboxylic acids is 1. The number of unbranched alkanes of at least 4 members (excludes halogenated alkanes) is 1. The van der Waals surface area contributed by atoms with Crippen LogP contribution in [0.4, 0.5) is 0 Å². The first kappa shape index (κ1) is 63.7. The van der Waals surface area contributed by atoms with Crippen LogP contribution < -0.4 is 5.43 Å². The van der Waals surface area contributed by atoms with Crippen LogP contribution in [-0.4, -0.2) is 197 Å². The molecule has 3 fully saturated rings. The first-order valence-electron chi connectivity index (χ1n) is 27.8. The molecule has 2 aromatic rings. The normalized spacial score (nSPS) is 37.7. The number of fused-ring (bicyclic) bond motifs is 1. The fraction of sp³-hybridized carbons (Fsp3) is 0.807. The summed E-state index contributed by atoms with van der Waals surface area (Å²) in [6.07, 6.45) is -3.58. The Morgan fingerprint density at radius 1 is 0.908 bits per heavy atom. The van der Waals surface area contributed by atoms with Crippen LogP contribution in [0, 0.1) is 17.8 Å². The summed E-state index contributed by atoms with van der Waals surface area (Å²) in [5.74, 6) is -3.92. The minimum Gasteiger partial charge on any atom is -0.477 e. The number of carboxylic acids is 1. The van der Waals surface area contributed by atoms with Gasteiger partial charge in [-0.2, -0.15) is 0 Å². The average Bonchev–Trinajstić information content (AvgIpc) is 3.35. The zero-order valence-corrected chi connectivity index (χ0v) is 48.2. The molecule has 1 aromatic heterocycles. The molecular formula is C57H95N3O16. The Morgan fingerprint density at radius 3 is 2.21 bits per heavy atom. The first-order valence-corrected chi connectivity index (χ1v) is 27.8. The van der Waals surface area contributed by atoms with Gasteiger partial charge < -0.3 is 77.8 Å². The number of aromatic carboxylic acids is 1. The minimum atomic E-state index is -1.83. The van der Waals surface area contributed by atoms with E-state index in [4.69, 9.17) is 37.9 Å². The van der Waals surface area contributed by atoms with Gasteiger partial charge >= 0.3 is 11.9 Å². The van der Waals surface area contributed by atoms with Gasteiger partial charge in [0.25, 0.3) is 0 Å². The molecule has 0 unspecified atom stereocenters. The number of hydrogen-bond donors (Lipinski definition) is 5. The van der Waals surface area contributed by atoms with E-state index in [-0.39, 0.29) is 42.9 Å². The standard InChI is InChI=1S/C57H95N3O16/c1-16-44-57(11,68)49(63)37(7)59(14)31-33(3)29-55(9,67)50(76-54-47(62)43(58(12)13)27-34(4)72-54)35(5)48(36(6)53(66)74-44)75-45-30-56(10,69-15)51(38(8)73-45)71-26-19-18-24-70-25-20-21-39-22-23-42-40(28-39)46(61)41(52(64)65)32-60(42)17-2/h22-23,28,32-38,43-45,47-51,54,62-63,67-68H,16-21,24-27,29-31H2,1-15H3,(H,64,65)/t33-,34-,35+,36-,37-,38+,43+,44-,45+,47-,48+,49-,50-,51+,54+,55-,56-,57-/m1/s1. The largest absolute Gasteiger partial charge is 0.477 e. The average molecular weight is 1080 g/mol. The number of nitrogens with zero attached hydrogens (tertiary/aromatic N) is 3. The quantitative estimate of drug-likeness (QED) is 0.0876. The molecule has 0 spiro atoms. The number of aryl methyl sites for hydroxylation is 2. The summed E-state index contributed by atoms with van der Waals surface area (Å²) in [5.41, 5.74) is -3.43. The number of methoxy groups -OCH3 is 1. The molecule has 19 heteroatoms. The monoisotopic (exact) mass is 1080 g/mol. The molecule has 19 nitrogen and oxygen atoms in total. The van der Waals surface area contributed by atoms with Gasteiger partial charge in [-0.25, -0.2) is 4.79 Å². The predicted octanol–water partition coefficient (Wildman–Crippen LogP) is 5.39. The fourth-order valence-corrected chi connectivity index (χ4v) is 12.0. The van der Waals surface area contributed by atoms with E-state index in [9.17, 15) is 39.9 Å². The van der Waals surface area contributed by atoms with Crippen molar-refractivity contribution in [2.24, 2.45) is 17.8 Å². The lowest BCUT2D eigenvalue weighted by molar-refractivity contribution is -0.320. The van der Waals surface area contributed by atoms with Gasteiger partial charge in [-0.05, 0) is 145 Å². The summed E-state index contributed by atoms with van der Waals surface area (Å²) in [5, 5.41) is 58.1. The van der Waals surface area contributed by atoms with E-state index in [1.165, 1.54) is 13.1 Å². The molecule has 434 valence electrons. The third-order valence-corrected chi connectivity index (χ3v) is 16.6. The Hall–Kier alpha value is -3.15. The van der Waals surface area contributed by atoms with Crippen LogP contribution in [0.2, 0.25) is 0 Å². The summed E-state index contributed by atoms with van der Waals surface area (Å²) < 4.78 is 53.3. The number of benzene rings is 1. The second kappa shape index (κ2) is 27.3. The van der Waals surface area contributed by atoms with E-state index >= 15 is 0 Å². The highest BCUT2D eigenvalue weighted by Crippen LogP contribution is 2.41. The van der Waals surface area contributed by atoms with Crippen molar-refractivity contribution >= 4 is 22.8 Å². The van der Waals surface area contributed by atoms with E-state index < -0.39 is 107 Å². The van der Waals surface area contributed by atoms with E-state index in [1.807, 2.05) is 84.6 Å². The number of aliphatic hydroxyl groups is 4. The summed E-state index contributed by atoms with van der Waals surface area (Å²) in [4.78, 5) is 43.1. The molecule has 3 aliphatic rings. The van der Waals surface area contributed by atoms with Gasteiger partial charge in [-0.1, -0.05) is 26.8 Å². The van der Waals surface area contributed by atoms with Crippen molar-refractivity contribution in [2.45, 2.75) is 224 Å². The summed E-state index contributed by atoms with van der Waals surface area (Å²) in [6, 6.07) is 4.76. The summed E-state index contributed by atoms with van der Waals surface area (Å²) in [6.45, 7) is 22.3. The van der Waals surface area contributed by atoms with Crippen LogP contribution >= 0.6 is 0 Å². The number of aromatic nitrogens is 1. The zero-order valence-electron chi connectivity index (χ0n) is 48.2. The lowest BCUT2D eigenvalue weighted by Gasteiger charge is -2.49. The lowest BCUT2D eigenvalue weighted by atomic mass is 9.77. The van der Waals surface area contributed by atoms with Crippen molar-refractivity contribution in [2.75, 3.05) is 54.6 Å². The highest BCUT2D eigenvalue weighted by Gasteiger charge is 2.53. The van der Waals surface area contributed by atoms with Gasteiger partial charge in [0.05, 0.1) is 47.1 Å². The van der Waals surface area contributed by atoms with Crippen molar-refractivity contribution in [1.29, 1.82) is 0 Å². The molecule has 76 heavy (non-hydrogen) atoms. The molecule has 1 aromatic carbocycles. The fourth-order valence-electron chi connectivity index (χ4n) is 12.0. The van der Waals surface area contributed by atoms with Gasteiger partial charge in [-0.15, -0.1) is 0 Å². The number of carboxylic acid groups (broad SMARTS) is 1. The summed E-state index contributed by atoms with van der Waals surface area (Å²) in [7, 11) is 7.24. The summed E-state index contributed by atoms with van der Waals surface area (Å²) >= 11 is 0. The van der Waals surface area contributed by atoms with E-state index in [2.05, 4.69) is 0 Å². The van der Waals surface area contributed by atoms with Crippen molar-refractivity contribution in [3.8, 4) is 0 Å². The molecule has 5 rings (SSSR count). The highest BCUT2D eigenvalue weighted by molar-refractivity contribution is 5.92. The van der Waals surface area contributed by atoms with Crippen LogP contribution in [0.25, 0.3) is 10.9 Å². The first-order chi connectivity index (χ1) is 35.6. The highest BCUT2D eigenvalue weighted by atomic mass is 16.7. The van der Waals surface area contributed by atoms with Gasteiger partial charge in [-0.3, -0.25) is 9.59 Å². The van der Waals surface area contributed by atoms with Gasteiger partial charge in [0, 0.05) is 76.0 Å². The van der Waals surface area contributed by atoms with Gasteiger partial charge in [0.15, 0.2) is 12.6 Å². The number of pyridine rings is 1. The molecule has 18 atom stereocenters. The van der Waals surface area contributed by atoms with Crippen molar-refractivity contribution < 1.29 is 73.0 Å². The molecule has 0 amide bonds. The Morgan fingerprint density at radius 2 is 1.58 bits per heavy atom. The van der Waals surface area contributed by atoms with Crippen LogP contribution in [0.1, 0.15) is 137 Å². The van der Waals surface area contributed by atoms with Crippen molar-refractivity contribution in [3.63, 3.8) is 0 Å². The van der Waals surface area contributed by atoms with E-state index in [0.29, 0.717) is 63.1 Å². The maximum absolute atomic E-state index is 14.6. The Bertz CT molecular complexity index is 2240. The molecule has 3 saturated heterocycles. The lowest BCUT2D eigenvalue weighted by Crippen LogP contribution is -2.61. The number of likely N-dealkylation sites (N-methyl/N-ethyl adjacent to an activating group) is 2. The minimum absolute atomic E-state index is 0.171. The molecule has 0 bridgehead atoms. The molecule has 0 aliphatic carbocycles.